The minimum atomic E-state index is -0.220. The van der Waals surface area contributed by atoms with Crippen LogP contribution in [0.2, 0.25) is 0 Å². The first-order chi connectivity index (χ1) is 6.57. The van der Waals surface area contributed by atoms with Crippen LogP contribution in [0.25, 0.3) is 0 Å². The first kappa shape index (κ1) is 10.6. The largest absolute Gasteiger partial charge is 0.722 e. The highest BCUT2D eigenvalue weighted by Crippen LogP contribution is 2.06. The SMILES string of the molecule is CC(=O)N1CCCN(C)/C1=[N+](/[O-])NO. The molecule has 0 aromatic rings. The molecule has 0 aromatic carbocycles. The van der Waals surface area contributed by atoms with Crippen LogP contribution in [0.5, 0.6) is 0 Å². The Morgan fingerprint density at radius 1 is 1.64 bits per heavy atom. The third-order valence-corrected chi connectivity index (χ3v) is 2.11. The molecule has 2 N–H and O–H groups in total. The number of rotatable bonds is 1. The molecule has 14 heavy (non-hydrogen) atoms. The Bertz CT molecular complexity index is 266. The molecule has 1 saturated heterocycles. The summed E-state index contributed by atoms with van der Waals surface area (Å²) in [5.41, 5.74) is 1.46. The summed E-state index contributed by atoms with van der Waals surface area (Å²) in [6.07, 6.45) is 0.804. The van der Waals surface area contributed by atoms with Gasteiger partial charge in [0.25, 0.3) is 5.91 Å². The first-order valence-corrected chi connectivity index (χ1v) is 4.31. The Morgan fingerprint density at radius 3 is 2.79 bits per heavy atom. The van der Waals surface area contributed by atoms with Crippen LogP contribution in [-0.2, 0) is 4.79 Å². The van der Waals surface area contributed by atoms with E-state index in [1.54, 1.807) is 11.9 Å². The molecule has 1 heterocycles. The smallest absolute Gasteiger partial charge is 0.382 e. The van der Waals surface area contributed by atoms with Crippen LogP contribution in [0.1, 0.15) is 13.3 Å². The Hall–Kier alpha value is -1.50. The van der Waals surface area contributed by atoms with Crippen molar-refractivity contribution in [2.24, 2.45) is 0 Å². The van der Waals surface area contributed by atoms with Gasteiger partial charge in [0.2, 0.25) is 0 Å². The van der Waals surface area contributed by atoms with Gasteiger partial charge >= 0.3 is 5.96 Å². The number of amides is 1. The lowest BCUT2D eigenvalue weighted by Crippen LogP contribution is -2.55. The van der Waals surface area contributed by atoms with Crippen LogP contribution in [-0.4, -0.2) is 51.9 Å². The standard InChI is InChI=1S/C7H14N4O3/c1-6(12)10-5-3-4-9(2)7(10)11(14)8-13/h8,13H,3-5H2,1-2H3/b11-7-. The second-order valence-electron chi connectivity index (χ2n) is 3.14. The zero-order chi connectivity index (χ0) is 10.7. The fourth-order valence-corrected chi connectivity index (χ4v) is 1.48. The van der Waals surface area contributed by atoms with Crippen molar-refractivity contribution in [2.45, 2.75) is 13.3 Å². The molecule has 0 radical (unpaired) electrons. The van der Waals surface area contributed by atoms with Gasteiger partial charge in [-0.15, -0.1) is 0 Å². The van der Waals surface area contributed by atoms with E-state index in [0.29, 0.717) is 13.1 Å². The van der Waals surface area contributed by atoms with Gasteiger partial charge in [0.1, 0.15) is 0 Å². The fraction of sp³-hybridized carbons (Fsp3) is 0.714. The maximum Gasteiger partial charge on any atom is 0.382 e. The molecule has 7 nitrogen and oxygen atoms in total. The Labute approximate surface area is 81.7 Å². The molecule has 1 fully saturated rings. The van der Waals surface area contributed by atoms with Gasteiger partial charge in [0.15, 0.2) is 0 Å². The number of carbonyl (C=O) groups is 1. The van der Waals surface area contributed by atoms with Crippen molar-refractivity contribution in [3.05, 3.63) is 5.21 Å². The fourth-order valence-electron chi connectivity index (χ4n) is 1.48. The zero-order valence-corrected chi connectivity index (χ0v) is 8.23. The van der Waals surface area contributed by atoms with Crippen molar-refractivity contribution in [1.82, 2.24) is 15.4 Å². The molecular weight excluding hydrogens is 188 g/mol. The number of hydrogen-bond acceptors (Lipinski definition) is 4. The quantitative estimate of drug-likeness (QED) is 0.321. The molecule has 0 bridgehead atoms. The molecule has 0 unspecified atom stereocenters. The van der Waals surface area contributed by atoms with Gasteiger partial charge in [-0.2, -0.15) is 15.3 Å². The van der Waals surface area contributed by atoms with Crippen LogP contribution in [0.4, 0.5) is 0 Å². The van der Waals surface area contributed by atoms with E-state index in [-0.39, 0.29) is 16.7 Å². The lowest BCUT2D eigenvalue weighted by atomic mass is 10.3. The van der Waals surface area contributed by atoms with Crippen LogP contribution >= 0.6 is 0 Å². The van der Waals surface area contributed by atoms with Gasteiger partial charge < -0.3 is 5.21 Å². The molecular formula is C7H14N4O3. The monoisotopic (exact) mass is 202 g/mol. The minimum Gasteiger partial charge on any atom is -0.722 e. The third-order valence-electron chi connectivity index (χ3n) is 2.11. The van der Waals surface area contributed by atoms with E-state index in [4.69, 9.17) is 5.21 Å². The van der Waals surface area contributed by atoms with E-state index in [2.05, 4.69) is 0 Å². The van der Waals surface area contributed by atoms with Crippen LogP contribution in [0, 0.1) is 5.21 Å². The van der Waals surface area contributed by atoms with Gasteiger partial charge in [0, 0.05) is 13.3 Å². The molecule has 0 spiro atoms. The van der Waals surface area contributed by atoms with Crippen molar-refractivity contribution in [3.8, 4) is 0 Å². The molecule has 1 aliphatic heterocycles. The van der Waals surface area contributed by atoms with Crippen molar-refractivity contribution in [3.63, 3.8) is 0 Å². The summed E-state index contributed by atoms with van der Waals surface area (Å²) in [7, 11) is 1.69. The second kappa shape index (κ2) is 4.14. The number of nitrogens with zero attached hydrogens (tertiary/aromatic N) is 3. The predicted octanol–water partition coefficient (Wildman–Crippen LogP) is -1.07. The van der Waals surface area contributed by atoms with Gasteiger partial charge in [-0.05, 0) is 0 Å². The second-order valence-corrected chi connectivity index (χ2v) is 3.14. The van der Waals surface area contributed by atoms with E-state index < -0.39 is 0 Å². The van der Waals surface area contributed by atoms with Gasteiger partial charge in [0.05, 0.1) is 20.1 Å². The third kappa shape index (κ3) is 1.87. The summed E-state index contributed by atoms with van der Waals surface area (Å²) in [6, 6.07) is 0. The summed E-state index contributed by atoms with van der Waals surface area (Å²) >= 11 is 0. The number of hydrazine groups is 1. The maximum absolute atomic E-state index is 11.2. The van der Waals surface area contributed by atoms with Crippen LogP contribution in [0.3, 0.4) is 0 Å². The lowest BCUT2D eigenvalue weighted by molar-refractivity contribution is -0.589. The van der Waals surface area contributed by atoms with E-state index in [1.807, 2.05) is 0 Å². The maximum atomic E-state index is 11.2. The Kier molecular flexibility index (Phi) is 3.13. The lowest BCUT2D eigenvalue weighted by Gasteiger charge is -2.30. The molecule has 0 aromatic heterocycles. The van der Waals surface area contributed by atoms with Gasteiger partial charge in [-0.3, -0.25) is 14.9 Å². The summed E-state index contributed by atoms with van der Waals surface area (Å²) in [5, 5.41) is 19.7. The summed E-state index contributed by atoms with van der Waals surface area (Å²) in [5.74, 6) is -0.103. The number of carbonyl (C=O) groups excluding carboxylic acids is 1. The van der Waals surface area contributed by atoms with Crippen molar-refractivity contribution in [2.75, 3.05) is 20.1 Å². The highest BCUT2D eigenvalue weighted by Gasteiger charge is 2.32. The molecule has 7 heteroatoms. The van der Waals surface area contributed by atoms with Crippen molar-refractivity contribution in [1.29, 1.82) is 0 Å². The normalized spacial score (nSPS) is 20.8. The summed E-state index contributed by atoms with van der Waals surface area (Å²) in [4.78, 5) is 14.3. The van der Waals surface area contributed by atoms with Crippen molar-refractivity contribution >= 4 is 11.9 Å². The van der Waals surface area contributed by atoms with Crippen LogP contribution < -0.4 is 5.59 Å². The highest BCUT2D eigenvalue weighted by molar-refractivity contribution is 5.93. The van der Waals surface area contributed by atoms with E-state index >= 15 is 0 Å². The number of guanidine groups is 1. The average Bonchev–Trinajstić information content (AvgIpc) is 2.16. The molecule has 0 aliphatic carbocycles. The van der Waals surface area contributed by atoms with Crippen molar-refractivity contribution < 1.29 is 14.8 Å². The molecule has 0 saturated carbocycles. The van der Waals surface area contributed by atoms with Crippen LogP contribution in [0.15, 0.2) is 0 Å². The molecule has 1 amide bonds. The summed E-state index contributed by atoms with van der Waals surface area (Å²) in [6.45, 7) is 2.55. The van der Waals surface area contributed by atoms with Gasteiger partial charge in [-0.25, -0.2) is 0 Å². The minimum absolute atomic E-state index is 0.117. The summed E-state index contributed by atoms with van der Waals surface area (Å²) < 4.78 is 0. The molecule has 1 rings (SSSR count). The molecule has 1 aliphatic rings. The predicted molar refractivity (Wildman–Crippen MR) is 48.2 cm³/mol. The average molecular weight is 202 g/mol. The topological polar surface area (TPSA) is 81.9 Å². The Balaban J connectivity index is 2.98. The Morgan fingerprint density at radius 2 is 2.29 bits per heavy atom. The number of hydrazone groups is 1. The molecule has 0 atom stereocenters. The first-order valence-electron chi connectivity index (χ1n) is 4.31. The molecule has 80 valence electrons. The van der Waals surface area contributed by atoms with E-state index in [1.165, 1.54) is 17.4 Å². The van der Waals surface area contributed by atoms with Gasteiger partial charge in [-0.1, -0.05) is 0 Å². The highest BCUT2D eigenvalue weighted by atomic mass is 16.6. The number of nitrogens with one attached hydrogen (secondary N) is 1. The number of hydrogen-bond donors (Lipinski definition) is 2. The van der Waals surface area contributed by atoms with E-state index in [9.17, 15) is 10.0 Å². The van der Waals surface area contributed by atoms with E-state index in [0.717, 1.165) is 6.42 Å². The zero-order valence-electron chi connectivity index (χ0n) is 8.23.